The molecule has 3 aliphatic rings. The van der Waals surface area contributed by atoms with Crippen LogP contribution in [0, 0.1) is 17.5 Å². The monoisotopic (exact) mass is 868 g/mol. The summed E-state index contributed by atoms with van der Waals surface area (Å²) >= 11 is 0. The second-order valence-corrected chi connectivity index (χ2v) is 12.4. The van der Waals surface area contributed by atoms with Crippen LogP contribution < -0.4 is 14.7 Å². The normalized spacial score (nSPS) is 13.3. The molecule has 1 radical (unpaired) electrons. The Balaban J connectivity index is 0.000000133. The van der Waals surface area contributed by atoms with Crippen LogP contribution in [0.2, 0.25) is 0 Å². The van der Waals surface area contributed by atoms with Crippen molar-refractivity contribution in [1.29, 1.82) is 0 Å². The molecule has 6 aromatic rings. The zero-order chi connectivity index (χ0) is 35.0. The molecule has 3 aliphatic heterocycles. The van der Waals surface area contributed by atoms with E-state index in [1.165, 1.54) is 69.8 Å². The molecule has 0 aliphatic carbocycles. The summed E-state index contributed by atoms with van der Waals surface area (Å²) in [5, 5.41) is 0. The Morgan fingerprint density at radius 3 is 0.846 bits per heavy atom. The largest absolute Gasteiger partial charge is 0.344 e. The summed E-state index contributed by atoms with van der Waals surface area (Å²) in [4.78, 5) is 6.34. The van der Waals surface area contributed by atoms with Crippen LogP contribution in [-0.4, -0.2) is 0 Å². The molecular formula is C45H36F3IrN3. The van der Waals surface area contributed by atoms with Gasteiger partial charge in [0.2, 0.25) is 0 Å². The Morgan fingerprint density at radius 2 is 0.577 bits per heavy atom. The van der Waals surface area contributed by atoms with Crippen LogP contribution in [0.3, 0.4) is 0 Å². The fourth-order valence-corrected chi connectivity index (χ4v) is 6.17. The summed E-state index contributed by atoms with van der Waals surface area (Å²) in [6, 6.07) is 44.7. The third kappa shape index (κ3) is 8.99. The van der Waals surface area contributed by atoms with Crippen LogP contribution >= 0.6 is 0 Å². The Hall–Kier alpha value is -5.62. The predicted molar refractivity (Wildman–Crippen MR) is 204 cm³/mol. The van der Waals surface area contributed by atoms with E-state index in [2.05, 4.69) is 69.3 Å². The van der Waals surface area contributed by atoms with Crippen LogP contribution in [0.5, 0.6) is 0 Å². The quantitative estimate of drug-likeness (QED) is 0.175. The minimum absolute atomic E-state index is 0. The SMILES string of the molecule is Fc1ccc(N2C=Cc3ccccc3C2)cc1.Fc1ccc(N2C=Cc3ccccc3C2)cc1.Fc1ccc(N2C=Cc3ccccc3C2)cc1.[Ir]. The Kier molecular flexibility index (Phi) is 11.9. The molecule has 0 saturated heterocycles. The van der Waals surface area contributed by atoms with Crippen LogP contribution in [-0.2, 0) is 39.7 Å². The number of anilines is 3. The van der Waals surface area contributed by atoms with Gasteiger partial charge in [0, 0.05) is 75.4 Å². The average Bonchev–Trinajstić information content (AvgIpc) is 3.19. The first-order chi connectivity index (χ1) is 25.0. The van der Waals surface area contributed by atoms with Gasteiger partial charge < -0.3 is 14.7 Å². The Bertz CT molecular complexity index is 1930. The summed E-state index contributed by atoms with van der Waals surface area (Å²) in [6.45, 7) is 2.49. The average molecular weight is 868 g/mol. The van der Waals surface area contributed by atoms with E-state index in [4.69, 9.17) is 0 Å². The van der Waals surface area contributed by atoms with Gasteiger partial charge in [0.15, 0.2) is 0 Å². The molecule has 0 bridgehead atoms. The number of rotatable bonds is 3. The molecule has 3 nitrogen and oxygen atoms in total. The van der Waals surface area contributed by atoms with Crippen LogP contribution in [0.1, 0.15) is 33.4 Å². The molecule has 9 rings (SSSR count). The topological polar surface area (TPSA) is 9.72 Å². The molecule has 261 valence electrons. The second-order valence-electron chi connectivity index (χ2n) is 12.4. The minimum atomic E-state index is -0.199. The van der Waals surface area contributed by atoms with Crippen LogP contribution in [0.4, 0.5) is 30.2 Å². The first kappa shape index (κ1) is 36.2. The predicted octanol–water partition coefficient (Wildman–Crippen LogP) is 11.4. The molecule has 0 saturated carbocycles. The number of fused-ring (bicyclic) bond motifs is 3. The van der Waals surface area contributed by atoms with Crippen LogP contribution in [0.15, 0.2) is 164 Å². The third-order valence-corrected chi connectivity index (χ3v) is 8.96. The smallest absolute Gasteiger partial charge is 0.123 e. The summed E-state index contributed by atoms with van der Waals surface area (Å²) < 4.78 is 38.6. The van der Waals surface area contributed by atoms with Crippen molar-refractivity contribution in [2.45, 2.75) is 19.6 Å². The second kappa shape index (κ2) is 17.1. The van der Waals surface area contributed by atoms with Gasteiger partial charge in [0.1, 0.15) is 17.5 Å². The summed E-state index contributed by atoms with van der Waals surface area (Å²) in [7, 11) is 0. The van der Waals surface area contributed by atoms with Crippen molar-refractivity contribution < 1.29 is 33.3 Å². The number of nitrogens with zero attached hydrogens (tertiary/aromatic N) is 3. The van der Waals surface area contributed by atoms with E-state index < -0.39 is 0 Å². The zero-order valence-corrected chi connectivity index (χ0v) is 30.6. The molecule has 52 heavy (non-hydrogen) atoms. The summed E-state index contributed by atoms with van der Waals surface area (Å²) in [5.41, 5.74) is 10.7. The van der Waals surface area contributed by atoms with Gasteiger partial charge in [-0.1, -0.05) is 72.8 Å². The van der Waals surface area contributed by atoms with Gasteiger partial charge in [-0.2, -0.15) is 0 Å². The van der Waals surface area contributed by atoms with Crippen molar-refractivity contribution in [3.05, 3.63) is 215 Å². The molecule has 0 atom stereocenters. The van der Waals surface area contributed by atoms with E-state index >= 15 is 0 Å². The van der Waals surface area contributed by atoms with Gasteiger partial charge in [-0.3, -0.25) is 0 Å². The molecule has 0 unspecified atom stereocenters. The van der Waals surface area contributed by atoms with Crippen LogP contribution in [0.25, 0.3) is 18.2 Å². The maximum absolute atomic E-state index is 12.9. The van der Waals surface area contributed by atoms with Crippen molar-refractivity contribution in [2.75, 3.05) is 14.7 Å². The van der Waals surface area contributed by atoms with Crippen molar-refractivity contribution >= 4 is 35.3 Å². The molecule has 0 aromatic heterocycles. The van der Waals surface area contributed by atoms with E-state index in [0.717, 1.165) is 36.7 Å². The molecule has 6 aromatic carbocycles. The van der Waals surface area contributed by atoms with Crippen molar-refractivity contribution in [2.24, 2.45) is 0 Å². The minimum Gasteiger partial charge on any atom is -0.344 e. The number of hydrogen-bond acceptors (Lipinski definition) is 3. The van der Waals surface area contributed by atoms with Crippen molar-refractivity contribution in [3.8, 4) is 0 Å². The Labute approximate surface area is 316 Å². The molecule has 7 heteroatoms. The number of benzene rings is 6. The van der Waals surface area contributed by atoms with Gasteiger partial charge in [-0.05, 0) is 124 Å². The summed E-state index contributed by atoms with van der Waals surface area (Å²) in [5.74, 6) is -0.597. The number of hydrogen-bond donors (Lipinski definition) is 0. The van der Waals surface area contributed by atoms with Gasteiger partial charge in [-0.25, -0.2) is 13.2 Å². The molecule has 0 N–H and O–H groups in total. The summed E-state index contributed by atoms with van der Waals surface area (Å²) in [6.07, 6.45) is 12.4. The maximum Gasteiger partial charge on any atom is 0.123 e. The molecular weight excluding hydrogens is 832 g/mol. The van der Waals surface area contributed by atoms with Gasteiger partial charge in [0.05, 0.1) is 0 Å². The Morgan fingerprint density at radius 1 is 0.327 bits per heavy atom. The fraction of sp³-hybridized carbons (Fsp3) is 0.0667. The third-order valence-electron chi connectivity index (χ3n) is 8.96. The van der Waals surface area contributed by atoms with Gasteiger partial charge in [-0.15, -0.1) is 0 Å². The van der Waals surface area contributed by atoms with E-state index in [1.54, 1.807) is 36.4 Å². The molecule has 0 fully saturated rings. The fourth-order valence-electron chi connectivity index (χ4n) is 6.17. The molecule has 3 heterocycles. The first-order valence-electron chi connectivity index (χ1n) is 16.8. The van der Waals surface area contributed by atoms with E-state index in [1.807, 2.05) is 55.0 Å². The van der Waals surface area contributed by atoms with Crippen molar-refractivity contribution in [1.82, 2.24) is 0 Å². The standard InChI is InChI=1S/3C15H12FN.Ir/c3*16-14-5-7-15(8-6-14)17-10-9-12-3-1-2-4-13(12)11-17;/h3*1-10H,11H2;. The first-order valence-corrected chi connectivity index (χ1v) is 16.8. The molecule has 0 spiro atoms. The van der Waals surface area contributed by atoms with E-state index in [0.29, 0.717) is 0 Å². The maximum atomic E-state index is 12.9. The molecule has 0 amide bonds. The van der Waals surface area contributed by atoms with Gasteiger partial charge in [0.25, 0.3) is 0 Å². The van der Waals surface area contributed by atoms with E-state index in [9.17, 15) is 13.2 Å². The zero-order valence-electron chi connectivity index (χ0n) is 28.3. The van der Waals surface area contributed by atoms with Crippen molar-refractivity contribution in [3.63, 3.8) is 0 Å². The number of halogens is 3. The van der Waals surface area contributed by atoms with E-state index in [-0.39, 0.29) is 37.6 Å². The van der Waals surface area contributed by atoms with Gasteiger partial charge >= 0.3 is 0 Å².